The monoisotopic (exact) mass is 254 g/mol. The quantitative estimate of drug-likeness (QED) is 0.597. The highest BCUT2D eigenvalue weighted by atomic mass is 32.1. The minimum Gasteiger partial charge on any atom is -0.371 e. The summed E-state index contributed by atoms with van der Waals surface area (Å²) in [6, 6.07) is 0. The number of nitrogens with zero attached hydrogens (tertiary/aromatic N) is 1. The molecule has 1 aromatic rings. The first kappa shape index (κ1) is 14.3. The van der Waals surface area contributed by atoms with Crippen LogP contribution in [0.2, 0.25) is 0 Å². The van der Waals surface area contributed by atoms with Gasteiger partial charge in [-0.25, -0.2) is 0 Å². The fourth-order valence-corrected chi connectivity index (χ4v) is 2.50. The predicted molar refractivity (Wildman–Crippen MR) is 76.4 cm³/mol. The van der Waals surface area contributed by atoms with E-state index < -0.39 is 0 Å². The summed E-state index contributed by atoms with van der Waals surface area (Å²) in [7, 11) is 3.94. The van der Waals surface area contributed by atoms with E-state index in [2.05, 4.69) is 24.1 Å². The lowest BCUT2D eigenvalue weighted by Gasteiger charge is -2.25. The molecule has 0 aromatic heterocycles. The molecular formula is C13H22N2OS. The van der Waals surface area contributed by atoms with Crippen molar-refractivity contribution in [2.45, 2.75) is 32.6 Å². The van der Waals surface area contributed by atoms with Crippen LogP contribution >= 0.6 is 12.2 Å². The van der Waals surface area contributed by atoms with Gasteiger partial charge in [0.05, 0.1) is 10.2 Å². The third-order valence-corrected chi connectivity index (χ3v) is 3.46. The maximum absolute atomic E-state index is 11.8. The van der Waals surface area contributed by atoms with Gasteiger partial charge in [-0.1, -0.05) is 26.1 Å². The minimum atomic E-state index is 0.0554. The number of hydrogen-bond donors (Lipinski definition) is 1. The van der Waals surface area contributed by atoms with Crippen LogP contribution in [0.1, 0.15) is 38.2 Å². The van der Waals surface area contributed by atoms with E-state index in [0.717, 1.165) is 37.2 Å². The zero-order valence-electron chi connectivity index (χ0n) is 11.2. The Bertz CT molecular complexity index is 433. The second-order valence-corrected chi connectivity index (χ2v) is 5.22. The van der Waals surface area contributed by atoms with Gasteiger partial charge < -0.3 is 10.2 Å². The average molecular weight is 254 g/mol. The highest BCUT2D eigenvalue weighted by molar-refractivity contribution is 7.71. The predicted octanol–water partition coefficient (Wildman–Crippen LogP) is 2.21. The lowest BCUT2D eigenvalue weighted by atomic mass is 9.96. The molecule has 0 radical (unpaired) electrons. The number of anilines is 1. The van der Waals surface area contributed by atoms with Gasteiger partial charge in [0.2, 0.25) is 5.43 Å². The Hall–Kier alpha value is -0.740. The minimum absolute atomic E-state index is 0.0554. The Labute approximate surface area is 109 Å². The number of hydrogen-bond acceptors (Lipinski definition) is 4. The molecule has 17 heavy (non-hydrogen) atoms. The van der Waals surface area contributed by atoms with Gasteiger partial charge in [-0.2, -0.15) is 0 Å². The van der Waals surface area contributed by atoms with Gasteiger partial charge in [0.25, 0.3) is 0 Å². The summed E-state index contributed by atoms with van der Waals surface area (Å²) in [5.74, 6) is 0.343. The van der Waals surface area contributed by atoms with Gasteiger partial charge in [0.15, 0.2) is 0 Å². The molecule has 1 N–H and O–H groups in total. The topological polar surface area (TPSA) is 32.3 Å². The summed E-state index contributed by atoms with van der Waals surface area (Å²) >= 11 is 5.11. The van der Waals surface area contributed by atoms with Crippen molar-refractivity contribution < 1.29 is 0 Å². The first-order valence-electron chi connectivity index (χ1n) is 6.19. The first-order valence-corrected chi connectivity index (χ1v) is 6.60. The second kappa shape index (κ2) is 6.26. The fourth-order valence-electron chi connectivity index (χ4n) is 2.07. The fraction of sp³-hybridized carbons (Fsp3) is 0.692. The summed E-state index contributed by atoms with van der Waals surface area (Å²) in [4.78, 5) is 13.8. The molecule has 0 heterocycles. The molecule has 0 atom stereocenters. The first-order chi connectivity index (χ1) is 8.00. The van der Waals surface area contributed by atoms with Crippen LogP contribution in [0.3, 0.4) is 0 Å². The molecule has 0 unspecified atom stereocenters. The Morgan fingerprint density at radius 3 is 2.53 bits per heavy atom. The normalized spacial score (nSPS) is 11.4. The van der Waals surface area contributed by atoms with E-state index >= 15 is 0 Å². The molecule has 0 saturated heterocycles. The number of nitrogens with one attached hydrogen (secondary N) is 1. The van der Waals surface area contributed by atoms with Crippen LogP contribution in [0.4, 0.5) is 5.69 Å². The second-order valence-electron chi connectivity index (χ2n) is 4.81. The van der Waals surface area contributed by atoms with Crippen molar-refractivity contribution in [1.82, 2.24) is 5.32 Å². The summed E-state index contributed by atoms with van der Waals surface area (Å²) in [5.41, 5.74) is 1.97. The van der Waals surface area contributed by atoms with Crippen molar-refractivity contribution in [3.8, 4) is 0 Å². The summed E-state index contributed by atoms with van der Waals surface area (Å²) in [6.45, 7) is 6.11. The average Bonchev–Trinajstić information content (AvgIpc) is 2.29. The zero-order chi connectivity index (χ0) is 13.0. The molecule has 0 amide bonds. The Morgan fingerprint density at radius 1 is 1.35 bits per heavy atom. The van der Waals surface area contributed by atoms with Gasteiger partial charge in [-0.05, 0) is 32.4 Å². The molecule has 1 rings (SSSR count). The largest absolute Gasteiger partial charge is 0.371 e. The van der Waals surface area contributed by atoms with E-state index in [1.54, 1.807) is 0 Å². The molecule has 0 spiro atoms. The van der Waals surface area contributed by atoms with Gasteiger partial charge >= 0.3 is 0 Å². The van der Waals surface area contributed by atoms with Gasteiger partial charge in [-0.3, -0.25) is 4.79 Å². The zero-order valence-corrected chi connectivity index (χ0v) is 12.0. The molecule has 4 heteroatoms. The van der Waals surface area contributed by atoms with Crippen LogP contribution in [-0.2, 0) is 0 Å². The Kier molecular flexibility index (Phi) is 5.28. The van der Waals surface area contributed by atoms with E-state index in [1.807, 2.05) is 14.1 Å². The lowest BCUT2D eigenvalue weighted by molar-refractivity contribution is 0.667. The maximum atomic E-state index is 11.8. The lowest BCUT2D eigenvalue weighted by Crippen LogP contribution is -2.31. The number of unbranched alkanes of at least 4 members (excludes halogenated alkanes) is 1. The molecule has 0 aliphatic heterocycles. The van der Waals surface area contributed by atoms with Crippen LogP contribution in [0.5, 0.6) is 0 Å². The van der Waals surface area contributed by atoms with E-state index in [1.165, 1.54) is 0 Å². The third-order valence-electron chi connectivity index (χ3n) is 3.05. The summed E-state index contributed by atoms with van der Waals surface area (Å²) in [5, 5.41) is 3.12. The molecule has 0 fully saturated rings. The van der Waals surface area contributed by atoms with Gasteiger partial charge in [0, 0.05) is 19.2 Å². The standard InChI is InChI=1S/C13H22N2OS/c1-9(2)10-11(12(16)13(10)17)15(4)8-6-5-7-14-3/h9,14H,5-8H2,1-4H3. The van der Waals surface area contributed by atoms with Crippen molar-refractivity contribution in [1.29, 1.82) is 0 Å². The molecule has 0 bridgehead atoms. The van der Waals surface area contributed by atoms with Crippen molar-refractivity contribution >= 4 is 17.9 Å². The number of rotatable bonds is 7. The summed E-state index contributed by atoms with van der Waals surface area (Å²) in [6.07, 6.45) is 2.22. The highest BCUT2D eigenvalue weighted by Gasteiger charge is 2.22. The molecule has 0 saturated carbocycles. The smallest absolute Gasteiger partial charge is 0.220 e. The van der Waals surface area contributed by atoms with Crippen molar-refractivity contribution in [2.75, 3.05) is 32.1 Å². The van der Waals surface area contributed by atoms with Crippen molar-refractivity contribution in [2.24, 2.45) is 0 Å². The molecule has 1 aromatic carbocycles. The van der Waals surface area contributed by atoms with Gasteiger partial charge in [0.1, 0.15) is 0 Å². The summed E-state index contributed by atoms with van der Waals surface area (Å²) < 4.78 is 0.539. The van der Waals surface area contributed by atoms with Crippen molar-refractivity contribution in [3.05, 3.63) is 20.3 Å². The Morgan fingerprint density at radius 2 is 2.00 bits per heavy atom. The van der Waals surface area contributed by atoms with Crippen LogP contribution in [0, 0.1) is 4.51 Å². The van der Waals surface area contributed by atoms with E-state index in [4.69, 9.17) is 12.2 Å². The van der Waals surface area contributed by atoms with Crippen LogP contribution < -0.4 is 15.6 Å². The van der Waals surface area contributed by atoms with E-state index in [9.17, 15) is 4.79 Å². The Balaban J connectivity index is 2.64. The highest BCUT2D eigenvalue weighted by Crippen LogP contribution is 2.28. The van der Waals surface area contributed by atoms with Crippen LogP contribution in [-0.4, -0.2) is 27.2 Å². The molecular weight excluding hydrogens is 232 g/mol. The third kappa shape index (κ3) is 3.13. The molecule has 0 aliphatic carbocycles. The van der Waals surface area contributed by atoms with Crippen molar-refractivity contribution in [3.63, 3.8) is 0 Å². The molecule has 0 aliphatic rings. The van der Waals surface area contributed by atoms with E-state index in [-0.39, 0.29) is 5.43 Å². The molecule has 96 valence electrons. The molecule has 3 nitrogen and oxygen atoms in total. The van der Waals surface area contributed by atoms with Crippen LogP contribution in [0.25, 0.3) is 0 Å². The maximum Gasteiger partial charge on any atom is 0.220 e. The van der Waals surface area contributed by atoms with Crippen LogP contribution in [0.15, 0.2) is 4.79 Å². The van der Waals surface area contributed by atoms with Gasteiger partial charge in [-0.15, -0.1) is 0 Å². The SMILES string of the molecule is CNCCCCN(C)c1c(C(C)C)c(=S)c1=O. The van der Waals surface area contributed by atoms with E-state index in [0.29, 0.717) is 10.4 Å².